The number of methoxy groups -OCH3 is 1. The molecule has 1 atom stereocenters. The molecular weight excluding hydrogens is 491 g/mol. The molecular formula is C20H34ClIN4O2. The Labute approximate surface area is 191 Å². The van der Waals surface area contributed by atoms with Crippen LogP contribution in [0.2, 0.25) is 5.02 Å². The average molecular weight is 525 g/mol. The molecule has 0 radical (unpaired) electrons. The summed E-state index contributed by atoms with van der Waals surface area (Å²) >= 11 is 6.16. The number of benzene rings is 1. The fourth-order valence-corrected chi connectivity index (χ4v) is 3.53. The van der Waals surface area contributed by atoms with Crippen LogP contribution in [0.25, 0.3) is 0 Å². The Bertz CT molecular complexity index is 583. The van der Waals surface area contributed by atoms with E-state index < -0.39 is 6.10 Å². The molecule has 3 N–H and O–H groups in total. The standard InChI is InChI=1S/C20H33ClN4O2.HI/c1-3-22-20(23-15-19(26)17-7-4-5-8-18(17)21)24-16-9-12-25(13-10-16)11-6-14-27-2;/h4-5,7-8,16,19,26H,3,6,9-15H2,1-2H3,(H2,22,23,24);1H. The van der Waals surface area contributed by atoms with Gasteiger partial charge in [0.1, 0.15) is 6.10 Å². The number of hydrogen-bond acceptors (Lipinski definition) is 4. The Morgan fingerprint density at radius 3 is 2.71 bits per heavy atom. The lowest BCUT2D eigenvalue weighted by atomic mass is 10.1. The maximum absolute atomic E-state index is 10.4. The molecule has 1 heterocycles. The molecule has 0 aliphatic carbocycles. The van der Waals surface area contributed by atoms with E-state index in [0.717, 1.165) is 58.0 Å². The van der Waals surface area contributed by atoms with Gasteiger partial charge in [-0.2, -0.15) is 0 Å². The molecule has 1 aromatic rings. The SMILES string of the molecule is CCNC(=NCC(O)c1ccccc1Cl)NC1CCN(CCCOC)CC1.I. The van der Waals surface area contributed by atoms with E-state index >= 15 is 0 Å². The average Bonchev–Trinajstić information content (AvgIpc) is 2.68. The van der Waals surface area contributed by atoms with Crippen molar-refractivity contribution in [3.8, 4) is 0 Å². The van der Waals surface area contributed by atoms with Crippen molar-refractivity contribution in [1.29, 1.82) is 0 Å². The Kier molecular flexibility index (Phi) is 13.1. The summed E-state index contributed by atoms with van der Waals surface area (Å²) in [6, 6.07) is 7.75. The van der Waals surface area contributed by atoms with Crippen LogP contribution in [-0.4, -0.2) is 68.4 Å². The lowest BCUT2D eigenvalue weighted by molar-refractivity contribution is 0.155. The number of guanidine groups is 1. The number of rotatable bonds is 9. The lowest BCUT2D eigenvalue weighted by Gasteiger charge is -2.33. The van der Waals surface area contributed by atoms with Crippen molar-refractivity contribution in [2.24, 2.45) is 4.99 Å². The first kappa shape index (κ1) is 25.4. The smallest absolute Gasteiger partial charge is 0.191 e. The molecule has 6 nitrogen and oxygen atoms in total. The van der Waals surface area contributed by atoms with Gasteiger partial charge in [-0.1, -0.05) is 29.8 Å². The zero-order valence-corrected chi connectivity index (χ0v) is 20.0. The second-order valence-corrected chi connectivity index (χ2v) is 7.27. The molecule has 0 bridgehead atoms. The van der Waals surface area contributed by atoms with Crippen LogP contribution in [0.3, 0.4) is 0 Å². The van der Waals surface area contributed by atoms with Gasteiger partial charge in [0, 0.05) is 56.5 Å². The molecule has 1 unspecified atom stereocenters. The molecule has 1 aromatic carbocycles. The normalized spacial score (nSPS) is 17.1. The van der Waals surface area contributed by atoms with Crippen LogP contribution in [0.15, 0.2) is 29.3 Å². The number of likely N-dealkylation sites (tertiary alicyclic amines) is 1. The maximum Gasteiger partial charge on any atom is 0.191 e. The summed E-state index contributed by atoms with van der Waals surface area (Å²) in [7, 11) is 1.75. The minimum absolute atomic E-state index is 0. The number of aliphatic hydroxyl groups is 1. The van der Waals surface area contributed by atoms with Crippen LogP contribution < -0.4 is 10.6 Å². The zero-order chi connectivity index (χ0) is 19.5. The largest absolute Gasteiger partial charge is 0.386 e. The number of ether oxygens (including phenoxy) is 1. The van der Waals surface area contributed by atoms with Gasteiger partial charge >= 0.3 is 0 Å². The van der Waals surface area contributed by atoms with Crippen molar-refractivity contribution in [2.45, 2.75) is 38.3 Å². The molecule has 1 fully saturated rings. The van der Waals surface area contributed by atoms with E-state index in [-0.39, 0.29) is 30.5 Å². The predicted octanol–water partition coefficient (Wildman–Crippen LogP) is 3.05. The van der Waals surface area contributed by atoms with Gasteiger partial charge in [0.15, 0.2) is 5.96 Å². The van der Waals surface area contributed by atoms with Gasteiger partial charge < -0.3 is 25.4 Å². The number of aliphatic hydroxyl groups excluding tert-OH is 1. The summed E-state index contributed by atoms with van der Waals surface area (Å²) < 4.78 is 5.13. The molecule has 160 valence electrons. The van der Waals surface area contributed by atoms with Gasteiger partial charge in [0.2, 0.25) is 0 Å². The van der Waals surface area contributed by atoms with Crippen molar-refractivity contribution >= 4 is 41.5 Å². The Hall–Kier alpha value is -0.610. The van der Waals surface area contributed by atoms with E-state index in [9.17, 15) is 5.11 Å². The molecule has 1 aliphatic rings. The number of hydrogen-bond donors (Lipinski definition) is 3. The first-order chi connectivity index (χ1) is 13.1. The second kappa shape index (κ2) is 14.4. The third-order valence-corrected chi connectivity index (χ3v) is 5.13. The summed E-state index contributed by atoms with van der Waals surface area (Å²) in [6.45, 7) is 7.19. The second-order valence-electron chi connectivity index (χ2n) is 6.86. The summed E-state index contributed by atoms with van der Waals surface area (Å²) in [4.78, 5) is 7.05. The molecule has 28 heavy (non-hydrogen) atoms. The van der Waals surface area contributed by atoms with E-state index in [0.29, 0.717) is 16.6 Å². The number of piperidine rings is 1. The fourth-order valence-electron chi connectivity index (χ4n) is 3.27. The minimum Gasteiger partial charge on any atom is -0.386 e. The van der Waals surface area contributed by atoms with Gasteiger partial charge in [-0.05, 0) is 32.3 Å². The topological polar surface area (TPSA) is 69.1 Å². The van der Waals surface area contributed by atoms with Crippen LogP contribution in [0.1, 0.15) is 37.9 Å². The number of nitrogens with zero attached hydrogens (tertiary/aromatic N) is 2. The fraction of sp³-hybridized carbons (Fsp3) is 0.650. The van der Waals surface area contributed by atoms with Gasteiger partial charge in [0.05, 0.1) is 6.54 Å². The van der Waals surface area contributed by atoms with Crippen molar-refractivity contribution in [3.63, 3.8) is 0 Å². The third kappa shape index (κ3) is 8.82. The molecule has 0 aromatic heterocycles. The number of aliphatic imine (C=N–C) groups is 1. The van der Waals surface area contributed by atoms with Gasteiger partial charge in [-0.25, -0.2) is 0 Å². The molecule has 0 amide bonds. The monoisotopic (exact) mass is 524 g/mol. The van der Waals surface area contributed by atoms with Crippen LogP contribution in [0.5, 0.6) is 0 Å². The van der Waals surface area contributed by atoms with E-state index in [2.05, 4.69) is 20.5 Å². The van der Waals surface area contributed by atoms with Crippen LogP contribution in [0, 0.1) is 0 Å². The first-order valence-corrected chi connectivity index (χ1v) is 10.2. The Morgan fingerprint density at radius 2 is 2.07 bits per heavy atom. The molecule has 0 saturated carbocycles. The van der Waals surface area contributed by atoms with E-state index in [1.54, 1.807) is 13.2 Å². The van der Waals surface area contributed by atoms with E-state index in [1.165, 1.54) is 0 Å². The summed E-state index contributed by atoms with van der Waals surface area (Å²) in [6.07, 6.45) is 2.55. The Balaban J connectivity index is 0.00000392. The van der Waals surface area contributed by atoms with Crippen molar-refractivity contribution < 1.29 is 9.84 Å². The predicted molar refractivity (Wildman–Crippen MR) is 127 cm³/mol. The molecule has 1 aliphatic heterocycles. The van der Waals surface area contributed by atoms with Gasteiger partial charge in [-0.15, -0.1) is 24.0 Å². The van der Waals surface area contributed by atoms with Crippen molar-refractivity contribution in [2.75, 3.05) is 46.4 Å². The van der Waals surface area contributed by atoms with Crippen molar-refractivity contribution in [1.82, 2.24) is 15.5 Å². The first-order valence-electron chi connectivity index (χ1n) is 9.82. The highest BCUT2D eigenvalue weighted by atomic mass is 127. The van der Waals surface area contributed by atoms with E-state index in [4.69, 9.17) is 16.3 Å². The number of nitrogens with one attached hydrogen (secondary N) is 2. The summed E-state index contributed by atoms with van der Waals surface area (Å²) in [5.74, 6) is 0.751. The minimum atomic E-state index is -0.711. The number of halogens is 2. The van der Waals surface area contributed by atoms with Crippen LogP contribution in [0.4, 0.5) is 0 Å². The van der Waals surface area contributed by atoms with Crippen molar-refractivity contribution in [3.05, 3.63) is 34.9 Å². The highest BCUT2D eigenvalue weighted by Gasteiger charge is 2.20. The van der Waals surface area contributed by atoms with E-state index in [1.807, 2.05) is 25.1 Å². The van der Waals surface area contributed by atoms with Crippen LogP contribution in [-0.2, 0) is 4.74 Å². The summed E-state index contributed by atoms with van der Waals surface area (Å²) in [5, 5.41) is 17.7. The lowest BCUT2D eigenvalue weighted by Crippen LogP contribution is -2.49. The Morgan fingerprint density at radius 1 is 1.36 bits per heavy atom. The molecule has 0 spiro atoms. The highest BCUT2D eigenvalue weighted by Crippen LogP contribution is 2.22. The maximum atomic E-state index is 10.4. The third-order valence-electron chi connectivity index (χ3n) is 4.78. The molecule has 8 heteroatoms. The van der Waals surface area contributed by atoms with Crippen LogP contribution >= 0.6 is 35.6 Å². The molecule has 1 saturated heterocycles. The van der Waals surface area contributed by atoms with Gasteiger partial charge in [0.25, 0.3) is 0 Å². The summed E-state index contributed by atoms with van der Waals surface area (Å²) in [5.41, 5.74) is 0.711. The van der Waals surface area contributed by atoms with Gasteiger partial charge in [-0.3, -0.25) is 4.99 Å². The zero-order valence-electron chi connectivity index (χ0n) is 16.9. The quantitative estimate of drug-likeness (QED) is 0.201. The highest BCUT2D eigenvalue weighted by molar-refractivity contribution is 14.0. The molecule has 2 rings (SSSR count).